The number of carbonyl (C=O) groups is 2. The highest BCUT2D eigenvalue weighted by Crippen LogP contribution is 2.02. The minimum Gasteiger partial charge on any atom is -0.354 e. The minimum absolute atomic E-state index is 0. The maximum atomic E-state index is 11.5. The van der Waals surface area contributed by atoms with Crippen LogP contribution in [0.2, 0.25) is 0 Å². The number of hydrogen-bond donors (Lipinski definition) is 2. The van der Waals surface area contributed by atoms with Crippen molar-refractivity contribution >= 4 is 24.2 Å². The summed E-state index contributed by atoms with van der Waals surface area (Å²) in [6, 6.07) is -0.477. The Bertz CT molecular complexity index is 245. The van der Waals surface area contributed by atoms with Crippen LogP contribution in [0.4, 0.5) is 0 Å². The molecule has 0 fully saturated rings. The van der Waals surface area contributed by atoms with Crippen LogP contribution in [0.1, 0.15) is 26.7 Å². The van der Waals surface area contributed by atoms with Gasteiger partial charge in [0.2, 0.25) is 11.8 Å². The molecule has 0 radical (unpaired) electrons. The van der Waals surface area contributed by atoms with E-state index in [4.69, 9.17) is 5.73 Å². The molecule has 1 atom stereocenters. The molecule has 0 heterocycles. The summed E-state index contributed by atoms with van der Waals surface area (Å²) in [5.74, 6) is 0.210. The Hall–Kier alpha value is -0.810. The lowest BCUT2D eigenvalue weighted by molar-refractivity contribution is -0.128. The highest BCUT2D eigenvalue weighted by atomic mass is 35.5. The average Bonchev–Trinajstić information content (AvgIpc) is 2.15. The monoisotopic (exact) mass is 265 g/mol. The lowest BCUT2D eigenvalue weighted by Gasteiger charge is -2.15. The quantitative estimate of drug-likeness (QED) is 0.729. The second-order valence-corrected chi connectivity index (χ2v) is 4.57. The van der Waals surface area contributed by atoms with Crippen LogP contribution in [-0.2, 0) is 9.59 Å². The van der Waals surface area contributed by atoms with Crippen molar-refractivity contribution in [3.8, 4) is 0 Å². The van der Waals surface area contributed by atoms with E-state index in [1.54, 1.807) is 14.1 Å². The first kappa shape index (κ1) is 18.6. The first-order chi connectivity index (χ1) is 7.34. The molecule has 5 nitrogen and oxygen atoms in total. The maximum Gasteiger partial charge on any atom is 0.236 e. The molecule has 102 valence electrons. The average molecular weight is 266 g/mol. The van der Waals surface area contributed by atoms with E-state index in [0.29, 0.717) is 25.3 Å². The predicted molar refractivity (Wildman–Crippen MR) is 71.0 cm³/mol. The Morgan fingerprint density at radius 2 is 1.82 bits per heavy atom. The van der Waals surface area contributed by atoms with E-state index in [-0.39, 0.29) is 24.2 Å². The van der Waals surface area contributed by atoms with Crippen molar-refractivity contribution < 1.29 is 9.59 Å². The number of nitrogens with two attached hydrogens (primary N) is 1. The van der Waals surface area contributed by atoms with Crippen molar-refractivity contribution in [1.29, 1.82) is 0 Å². The van der Waals surface area contributed by atoms with E-state index in [1.165, 1.54) is 4.90 Å². The SMILES string of the molecule is CC(C)C[C@H](N)C(=O)NCCC(=O)N(C)C.Cl. The molecular weight excluding hydrogens is 242 g/mol. The first-order valence-corrected chi connectivity index (χ1v) is 5.58. The molecule has 0 aromatic heterocycles. The third-order valence-corrected chi connectivity index (χ3v) is 2.20. The molecular formula is C11H24ClN3O2. The zero-order valence-corrected chi connectivity index (χ0v) is 11.8. The van der Waals surface area contributed by atoms with Gasteiger partial charge in [-0.05, 0) is 12.3 Å². The van der Waals surface area contributed by atoms with Gasteiger partial charge in [0.05, 0.1) is 6.04 Å². The standard InChI is InChI=1S/C11H23N3O2.ClH/c1-8(2)7-9(12)11(16)13-6-5-10(15)14(3)4;/h8-9H,5-7,12H2,1-4H3,(H,13,16);1H/t9-;/m0./s1. The molecule has 0 aliphatic heterocycles. The number of halogens is 1. The Balaban J connectivity index is 0. The van der Waals surface area contributed by atoms with Crippen molar-refractivity contribution in [3.05, 3.63) is 0 Å². The molecule has 0 bridgehead atoms. The zero-order chi connectivity index (χ0) is 12.7. The van der Waals surface area contributed by atoms with Gasteiger partial charge < -0.3 is 16.0 Å². The lowest BCUT2D eigenvalue weighted by atomic mass is 10.0. The highest BCUT2D eigenvalue weighted by molar-refractivity contribution is 5.85. The highest BCUT2D eigenvalue weighted by Gasteiger charge is 2.14. The smallest absolute Gasteiger partial charge is 0.236 e. The van der Waals surface area contributed by atoms with Gasteiger partial charge in [0.25, 0.3) is 0 Å². The lowest BCUT2D eigenvalue weighted by Crippen LogP contribution is -2.42. The van der Waals surface area contributed by atoms with Crippen LogP contribution in [0.15, 0.2) is 0 Å². The summed E-state index contributed by atoms with van der Waals surface area (Å²) in [5, 5.41) is 2.66. The second kappa shape index (κ2) is 9.24. The van der Waals surface area contributed by atoms with Crippen molar-refractivity contribution in [1.82, 2.24) is 10.2 Å². The summed E-state index contributed by atoms with van der Waals surface area (Å²) >= 11 is 0. The van der Waals surface area contributed by atoms with Crippen LogP contribution in [0, 0.1) is 5.92 Å². The predicted octanol–water partition coefficient (Wildman–Crippen LogP) is 0.376. The second-order valence-electron chi connectivity index (χ2n) is 4.57. The van der Waals surface area contributed by atoms with Gasteiger partial charge in [-0.15, -0.1) is 12.4 Å². The molecule has 2 amide bonds. The minimum atomic E-state index is -0.477. The van der Waals surface area contributed by atoms with E-state index in [2.05, 4.69) is 5.32 Å². The summed E-state index contributed by atoms with van der Waals surface area (Å²) in [5.41, 5.74) is 5.69. The Kier molecular flexibility index (Phi) is 10.1. The molecule has 17 heavy (non-hydrogen) atoms. The molecule has 0 aliphatic carbocycles. The summed E-state index contributed by atoms with van der Waals surface area (Å²) in [6.45, 7) is 4.38. The molecule has 0 spiro atoms. The number of amides is 2. The van der Waals surface area contributed by atoms with Crippen LogP contribution >= 0.6 is 12.4 Å². The van der Waals surface area contributed by atoms with E-state index in [9.17, 15) is 9.59 Å². The molecule has 0 saturated heterocycles. The van der Waals surface area contributed by atoms with Gasteiger partial charge in [-0.3, -0.25) is 9.59 Å². The third-order valence-electron chi connectivity index (χ3n) is 2.20. The van der Waals surface area contributed by atoms with Gasteiger partial charge in [-0.25, -0.2) is 0 Å². The van der Waals surface area contributed by atoms with Gasteiger partial charge in [-0.1, -0.05) is 13.8 Å². The molecule has 0 rings (SSSR count). The van der Waals surface area contributed by atoms with Gasteiger partial charge in [0, 0.05) is 27.1 Å². The van der Waals surface area contributed by atoms with Crippen LogP contribution < -0.4 is 11.1 Å². The summed E-state index contributed by atoms with van der Waals surface area (Å²) in [7, 11) is 3.38. The fourth-order valence-electron chi connectivity index (χ4n) is 1.26. The molecule has 0 aliphatic rings. The molecule has 0 unspecified atom stereocenters. The van der Waals surface area contributed by atoms with Gasteiger partial charge in [-0.2, -0.15) is 0 Å². The van der Waals surface area contributed by atoms with Crippen molar-refractivity contribution in [2.75, 3.05) is 20.6 Å². The van der Waals surface area contributed by atoms with Crippen molar-refractivity contribution in [3.63, 3.8) is 0 Å². The Labute approximate surface area is 110 Å². The van der Waals surface area contributed by atoms with E-state index in [0.717, 1.165) is 0 Å². The van der Waals surface area contributed by atoms with Gasteiger partial charge in [0.1, 0.15) is 0 Å². The number of rotatable bonds is 6. The summed E-state index contributed by atoms with van der Waals surface area (Å²) in [4.78, 5) is 24.2. The number of nitrogens with one attached hydrogen (secondary N) is 1. The fourth-order valence-corrected chi connectivity index (χ4v) is 1.26. The van der Waals surface area contributed by atoms with Crippen molar-refractivity contribution in [2.45, 2.75) is 32.7 Å². The zero-order valence-electron chi connectivity index (χ0n) is 11.0. The molecule has 6 heteroatoms. The Morgan fingerprint density at radius 3 is 2.24 bits per heavy atom. The normalized spacial score (nSPS) is 11.6. The largest absolute Gasteiger partial charge is 0.354 e. The number of carbonyl (C=O) groups excluding carboxylic acids is 2. The van der Waals surface area contributed by atoms with Gasteiger partial charge >= 0.3 is 0 Å². The summed E-state index contributed by atoms with van der Waals surface area (Å²) in [6.07, 6.45) is 0.973. The molecule has 3 N–H and O–H groups in total. The van der Waals surface area contributed by atoms with E-state index in [1.807, 2.05) is 13.8 Å². The van der Waals surface area contributed by atoms with Crippen LogP contribution in [-0.4, -0.2) is 43.4 Å². The number of hydrogen-bond acceptors (Lipinski definition) is 3. The first-order valence-electron chi connectivity index (χ1n) is 5.58. The molecule has 0 aromatic rings. The van der Waals surface area contributed by atoms with Crippen LogP contribution in [0.25, 0.3) is 0 Å². The Morgan fingerprint density at radius 1 is 1.29 bits per heavy atom. The fraction of sp³-hybridized carbons (Fsp3) is 0.818. The summed E-state index contributed by atoms with van der Waals surface area (Å²) < 4.78 is 0. The van der Waals surface area contributed by atoms with E-state index < -0.39 is 6.04 Å². The molecule has 0 saturated carbocycles. The van der Waals surface area contributed by atoms with Crippen molar-refractivity contribution in [2.24, 2.45) is 11.7 Å². The van der Waals surface area contributed by atoms with Crippen LogP contribution in [0.3, 0.4) is 0 Å². The van der Waals surface area contributed by atoms with Crippen LogP contribution in [0.5, 0.6) is 0 Å². The third kappa shape index (κ3) is 8.94. The molecule has 0 aromatic carbocycles. The van der Waals surface area contributed by atoms with E-state index >= 15 is 0 Å². The van der Waals surface area contributed by atoms with Gasteiger partial charge in [0.15, 0.2) is 0 Å². The number of nitrogens with zero attached hydrogens (tertiary/aromatic N) is 1. The maximum absolute atomic E-state index is 11.5. The topological polar surface area (TPSA) is 75.4 Å².